The first-order valence-corrected chi connectivity index (χ1v) is 8.30. The van der Waals surface area contributed by atoms with Crippen LogP contribution in [-0.2, 0) is 11.4 Å². The molecule has 1 aliphatic rings. The van der Waals surface area contributed by atoms with Crippen molar-refractivity contribution >= 4 is 29.3 Å². The lowest BCUT2D eigenvalue weighted by Crippen LogP contribution is -2.30. The Kier molecular flexibility index (Phi) is 5.09. The minimum absolute atomic E-state index is 0.152. The molecule has 3 rings (SSSR count). The molecule has 0 atom stereocenters. The van der Waals surface area contributed by atoms with Crippen LogP contribution in [0.1, 0.15) is 18.1 Å². The maximum Gasteiger partial charge on any atom is 0.276 e. The molecular weight excluding hydrogens is 339 g/mol. The van der Waals surface area contributed by atoms with E-state index in [4.69, 9.17) is 17.0 Å². The number of hydrogen-bond acceptors (Lipinski definition) is 3. The first-order valence-electron chi connectivity index (χ1n) is 7.89. The molecule has 0 saturated carbocycles. The normalized spacial score (nSPS) is 15.6. The van der Waals surface area contributed by atoms with Gasteiger partial charge in [-0.1, -0.05) is 30.3 Å². The fraction of sp³-hybridized carbons (Fsp3) is 0.158. The minimum atomic E-state index is -0.281. The van der Waals surface area contributed by atoms with Gasteiger partial charge in [0.25, 0.3) is 5.91 Å². The summed E-state index contributed by atoms with van der Waals surface area (Å²) in [5.74, 6) is 0.201. The molecule has 0 bridgehead atoms. The highest BCUT2D eigenvalue weighted by atomic mass is 32.1. The van der Waals surface area contributed by atoms with Gasteiger partial charge in [0.15, 0.2) is 5.11 Å². The summed E-state index contributed by atoms with van der Waals surface area (Å²) < 4.78 is 18.8. The molecule has 1 amide bonds. The first kappa shape index (κ1) is 17.1. The summed E-state index contributed by atoms with van der Waals surface area (Å²) in [6, 6.07) is 13.6. The van der Waals surface area contributed by atoms with Crippen LogP contribution in [0.4, 0.5) is 4.39 Å². The van der Waals surface area contributed by atoms with Crippen LogP contribution in [0.25, 0.3) is 6.08 Å². The molecular formula is C19H17FN2O2S. The average Bonchev–Trinajstić information content (AvgIpc) is 2.88. The number of carbonyl (C=O) groups excluding carboxylic acids is 1. The lowest BCUT2D eigenvalue weighted by atomic mass is 10.1. The molecule has 1 N–H and O–H groups in total. The molecule has 0 radical (unpaired) electrons. The lowest BCUT2D eigenvalue weighted by molar-refractivity contribution is -0.122. The monoisotopic (exact) mass is 356 g/mol. The highest BCUT2D eigenvalue weighted by Gasteiger charge is 2.29. The van der Waals surface area contributed by atoms with Crippen molar-refractivity contribution in [2.24, 2.45) is 0 Å². The smallest absolute Gasteiger partial charge is 0.276 e. The van der Waals surface area contributed by atoms with E-state index in [0.717, 1.165) is 11.1 Å². The van der Waals surface area contributed by atoms with Crippen molar-refractivity contribution in [2.75, 3.05) is 6.54 Å². The van der Waals surface area contributed by atoms with Gasteiger partial charge >= 0.3 is 0 Å². The average molecular weight is 356 g/mol. The molecule has 1 saturated heterocycles. The van der Waals surface area contributed by atoms with Gasteiger partial charge in [-0.25, -0.2) is 4.39 Å². The summed E-state index contributed by atoms with van der Waals surface area (Å²) in [6.07, 6.45) is 1.73. The molecule has 4 nitrogen and oxygen atoms in total. The zero-order chi connectivity index (χ0) is 17.8. The van der Waals surface area contributed by atoms with Gasteiger partial charge in [-0.15, -0.1) is 0 Å². The molecule has 0 aliphatic carbocycles. The number of para-hydroxylation sites is 1. The molecule has 1 fully saturated rings. The van der Waals surface area contributed by atoms with Crippen molar-refractivity contribution < 1.29 is 13.9 Å². The van der Waals surface area contributed by atoms with E-state index in [1.165, 1.54) is 17.0 Å². The number of carbonyl (C=O) groups is 1. The SMILES string of the molecule is CCN1C(=O)/C(=C/c2ccccc2OCc2ccc(F)cc2)NC1=S. The second kappa shape index (κ2) is 7.44. The predicted octanol–water partition coefficient (Wildman–Crippen LogP) is 3.48. The Balaban J connectivity index is 1.79. The van der Waals surface area contributed by atoms with Gasteiger partial charge in [-0.3, -0.25) is 9.69 Å². The second-order valence-electron chi connectivity index (χ2n) is 5.49. The molecule has 2 aromatic rings. The van der Waals surface area contributed by atoms with Crippen LogP contribution in [0.5, 0.6) is 5.75 Å². The number of hydrogen-bond donors (Lipinski definition) is 1. The Labute approximate surface area is 150 Å². The summed E-state index contributed by atoms with van der Waals surface area (Å²) in [7, 11) is 0. The molecule has 1 heterocycles. The number of benzene rings is 2. The van der Waals surface area contributed by atoms with Gasteiger partial charge in [0.2, 0.25) is 0 Å². The Morgan fingerprint density at radius 2 is 1.92 bits per heavy atom. The Hall–Kier alpha value is -2.73. The van der Waals surface area contributed by atoms with Crippen LogP contribution >= 0.6 is 12.2 Å². The maximum atomic E-state index is 13.0. The predicted molar refractivity (Wildman–Crippen MR) is 98.3 cm³/mol. The van der Waals surface area contributed by atoms with Crippen LogP contribution in [0.2, 0.25) is 0 Å². The van der Waals surface area contributed by atoms with E-state index in [-0.39, 0.29) is 11.7 Å². The van der Waals surface area contributed by atoms with E-state index in [1.807, 2.05) is 31.2 Å². The molecule has 2 aromatic carbocycles. The van der Waals surface area contributed by atoms with Crippen molar-refractivity contribution in [3.05, 3.63) is 71.2 Å². The third kappa shape index (κ3) is 3.85. The lowest BCUT2D eigenvalue weighted by Gasteiger charge is -2.10. The van der Waals surface area contributed by atoms with Gasteiger partial charge in [-0.05, 0) is 49.0 Å². The van der Waals surface area contributed by atoms with E-state index in [1.54, 1.807) is 18.2 Å². The van der Waals surface area contributed by atoms with Crippen molar-refractivity contribution in [1.29, 1.82) is 0 Å². The Morgan fingerprint density at radius 1 is 1.20 bits per heavy atom. The molecule has 128 valence electrons. The number of likely N-dealkylation sites (N-methyl/N-ethyl adjacent to an activating group) is 1. The maximum absolute atomic E-state index is 13.0. The molecule has 1 aliphatic heterocycles. The largest absolute Gasteiger partial charge is 0.488 e. The van der Waals surface area contributed by atoms with Gasteiger partial charge < -0.3 is 10.1 Å². The van der Waals surface area contributed by atoms with Crippen LogP contribution in [0, 0.1) is 5.82 Å². The quantitative estimate of drug-likeness (QED) is 0.658. The van der Waals surface area contributed by atoms with Crippen molar-refractivity contribution in [3.63, 3.8) is 0 Å². The van der Waals surface area contributed by atoms with Gasteiger partial charge in [0.05, 0.1) is 0 Å². The Morgan fingerprint density at radius 3 is 2.60 bits per heavy atom. The zero-order valence-electron chi connectivity index (χ0n) is 13.7. The molecule has 6 heteroatoms. The van der Waals surface area contributed by atoms with E-state index in [0.29, 0.717) is 29.7 Å². The first-order chi connectivity index (χ1) is 12.1. The number of rotatable bonds is 5. The fourth-order valence-electron chi connectivity index (χ4n) is 2.49. The third-order valence-corrected chi connectivity index (χ3v) is 4.13. The summed E-state index contributed by atoms with van der Waals surface area (Å²) in [5.41, 5.74) is 2.04. The van der Waals surface area contributed by atoms with Crippen molar-refractivity contribution in [2.45, 2.75) is 13.5 Å². The van der Waals surface area contributed by atoms with E-state index < -0.39 is 0 Å². The van der Waals surface area contributed by atoms with E-state index >= 15 is 0 Å². The van der Waals surface area contributed by atoms with Crippen molar-refractivity contribution in [1.82, 2.24) is 10.2 Å². The topological polar surface area (TPSA) is 41.6 Å². The zero-order valence-corrected chi connectivity index (χ0v) is 14.5. The van der Waals surface area contributed by atoms with E-state index in [2.05, 4.69) is 5.32 Å². The molecule has 0 spiro atoms. The third-order valence-electron chi connectivity index (χ3n) is 3.80. The fourth-order valence-corrected chi connectivity index (χ4v) is 2.81. The summed E-state index contributed by atoms with van der Waals surface area (Å²) in [6.45, 7) is 2.70. The van der Waals surface area contributed by atoms with E-state index in [9.17, 15) is 9.18 Å². The van der Waals surface area contributed by atoms with Gasteiger partial charge in [-0.2, -0.15) is 0 Å². The molecule has 0 unspecified atom stereocenters. The van der Waals surface area contributed by atoms with Gasteiger partial charge in [0, 0.05) is 12.1 Å². The standard InChI is InChI=1S/C19H17FN2O2S/c1-2-22-18(23)16(21-19(22)25)11-14-5-3-4-6-17(14)24-12-13-7-9-15(20)10-8-13/h3-11H,2,12H2,1H3,(H,21,25)/b16-11-. The number of halogens is 1. The number of amides is 1. The summed E-state index contributed by atoms with van der Waals surface area (Å²) in [5, 5.41) is 3.34. The highest BCUT2D eigenvalue weighted by Crippen LogP contribution is 2.23. The highest BCUT2D eigenvalue weighted by molar-refractivity contribution is 7.80. The van der Waals surface area contributed by atoms with Crippen LogP contribution in [0.3, 0.4) is 0 Å². The summed E-state index contributed by atoms with van der Waals surface area (Å²) >= 11 is 5.16. The summed E-state index contributed by atoms with van der Waals surface area (Å²) in [4.78, 5) is 13.8. The second-order valence-corrected chi connectivity index (χ2v) is 5.88. The number of ether oxygens (including phenoxy) is 1. The minimum Gasteiger partial charge on any atom is -0.488 e. The van der Waals surface area contributed by atoms with Crippen LogP contribution < -0.4 is 10.1 Å². The molecule has 0 aromatic heterocycles. The van der Waals surface area contributed by atoms with Gasteiger partial charge in [0.1, 0.15) is 23.9 Å². The molecule has 25 heavy (non-hydrogen) atoms. The number of nitrogens with zero attached hydrogens (tertiary/aromatic N) is 1. The number of nitrogens with one attached hydrogen (secondary N) is 1. The number of thiocarbonyl (C=S) groups is 1. The Bertz CT molecular complexity index is 834. The van der Waals surface area contributed by atoms with Crippen LogP contribution in [-0.4, -0.2) is 22.5 Å². The van der Waals surface area contributed by atoms with Crippen molar-refractivity contribution in [3.8, 4) is 5.75 Å². The van der Waals surface area contributed by atoms with Crippen LogP contribution in [0.15, 0.2) is 54.2 Å².